The van der Waals surface area contributed by atoms with Gasteiger partial charge in [0.1, 0.15) is 0 Å². The standard InChI is InChI=1S/C12H17NO.ClH/c14-11-5-10-13-9-4-8-12-6-2-1-3-7-12;/h1-4,6-8,13-14H,5,9-11H2;1H/b8-4+;. The molecule has 1 aromatic carbocycles. The summed E-state index contributed by atoms with van der Waals surface area (Å²) in [5.41, 5.74) is 1.22. The molecule has 0 radical (unpaired) electrons. The molecule has 3 heteroatoms. The number of nitrogens with one attached hydrogen (secondary N) is 1. The van der Waals surface area contributed by atoms with Gasteiger partial charge in [-0.1, -0.05) is 42.5 Å². The molecule has 2 nitrogen and oxygen atoms in total. The first-order chi connectivity index (χ1) is 6.93. The fourth-order valence-electron chi connectivity index (χ4n) is 1.15. The summed E-state index contributed by atoms with van der Waals surface area (Å²) in [5.74, 6) is 0. The molecule has 0 unspecified atom stereocenters. The van der Waals surface area contributed by atoms with Gasteiger partial charge >= 0.3 is 0 Å². The van der Waals surface area contributed by atoms with E-state index in [2.05, 4.69) is 29.6 Å². The van der Waals surface area contributed by atoms with Crippen LogP contribution in [-0.2, 0) is 0 Å². The number of halogens is 1. The Hall–Kier alpha value is -0.830. The van der Waals surface area contributed by atoms with Crippen LogP contribution in [0.15, 0.2) is 36.4 Å². The lowest BCUT2D eigenvalue weighted by atomic mass is 10.2. The molecular formula is C12H18ClNO. The molecule has 1 rings (SSSR count). The van der Waals surface area contributed by atoms with Gasteiger partial charge in [0.15, 0.2) is 0 Å². The zero-order valence-electron chi connectivity index (χ0n) is 8.73. The highest BCUT2D eigenvalue weighted by atomic mass is 35.5. The van der Waals surface area contributed by atoms with Crippen LogP contribution in [0.5, 0.6) is 0 Å². The summed E-state index contributed by atoms with van der Waals surface area (Å²) >= 11 is 0. The van der Waals surface area contributed by atoms with Crippen molar-refractivity contribution in [3.05, 3.63) is 42.0 Å². The largest absolute Gasteiger partial charge is 0.396 e. The van der Waals surface area contributed by atoms with Gasteiger partial charge < -0.3 is 10.4 Å². The number of benzene rings is 1. The van der Waals surface area contributed by atoms with Gasteiger partial charge in [-0.15, -0.1) is 12.4 Å². The van der Waals surface area contributed by atoms with E-state index in [0.29, 0.717) is 0 Å². The Morgan fingerprint density at radius 3 is 2.60 bits per heavy atom. The predicted molar refractivity (Wildman–Crippen MR) is 67.3 cm³/mol. The van der Waals surface area contributed by atoms with Gasteiger partial charge in [0.2, 0.25) is 0 Å². The van der Waals surface area contributed by atoms with Crippen LogP contribution >= 0.6 is 12.4 Å². The minimum atomic E-state index is 0. The summed E-state index contributed by atoms with van der Waals surface area (Å²) in [6.07, 6.45) is 5.00. The minimum absolute atomic E-state index is 0. The van der Waals surface area contributed by atoms with E-state index in [-0.39, 0.29) is 19.0 Å². The van der Waals surface area contributed by atoms with Gasteiger partial charge in [-0.25, -0.2) is 0 Å². The topological polar surface area (TPSA) is 32.3 Å². The Labute approximate surface area is 97.4 Å². The molecule has 0 aliphatic heterocycles. The highest BCUT2D eigenvalue weighted by molar-refractivity contribution is 5.85. The minimum Gasteiger partial charge on any atom is -0.396 e. The third-order valence-electron chi connectivity index (χ3n) is 1.88. The van der Waals surface area contributed by atoms with Crippen molar-refractivity contribution in [3.63, 3.8) is 0 Å². The summed E-state index contributed by atoms with van der Waals surface area (Å²) in [6, 6.07) is 10.2. The second-order valence-electron chi connectivity index (χ2n) is 3.09. The summed E-state index contributed by atoms with van der Waals surface area (Å²) in [5, 5.41) is 11.8. The van der Waals surface area contributed by atoms with E-state index in [9.17, 15) is 0 Å². The molecule has 84 valence electrons. The van der Waals surface area contributed by atoms with Crippen molar-refractivity contribution in [2.45, 2.75) is 6.42 Å². The number of rotatable bonds is 6. The predicted octanol–water partition coefficient (Wildman–Crippen LogP) is 2.09. The molecule has 0 saturated carbocycles. The zero-order chi connectivity index (χ0) is 10.1. The van der Waals surface area contributed by atoms with Crippen molar-refractivity contribution >= 4 is 18.5 Å². The summed E-state index contributed by atoms with van der Waals surface area (Å²) in [6.45, 7) is 1.99. The molecule has 0 spiro atoms. The first kappa shape index (κ1) is 14.2. The Morgan fingerprint density at radius 2 is 1.93 bits per heavy atom. The molecule has 1 aromatic rings. The van der Waals surface area contributed by atoms with Crippen molar-refractivity contribution in [2.24, 2.45) is 0 Å². The zero-order valence-corrected chi connectivity index (χ0v) is 9.54. The van der Waals surface area contributed by atoms with Crippen LogP contribution in [-0.4, -0.2) is 24.8 Å². The SMILES string of the molecule is Cl.OCCCNC/C=C/c1ccccc1. The molecule has 0 aromatic heterocycles. The number of hydrogen-bond acceptors (Lipinski definition) is 2. The molecule has 0 fully saturated rings. The Bertz CT molecular complexity index is 262. The van der Waals surface area contributed by atoms with Crippen molar-refractivity contribution in [3.8, 4) is 0 Å². The first-order valence-corrected chi connectivity index (χ1v) is 4.96. The first-order valence-electron chi connectivity index (χ1n) is 4.96. The van der Waals surface area contributed by atoms with Crippen molar-refractivity contribution < 1.29 is 5.11 Å². The monoisotopic (exact) mass is 227 g/mol. The van der Waals surface area contributed by atoms with Crippen LogP contribution in [0.25, 0.3) is 6.08 Å². The molecular weight excluding hydrogens is 210 g/mol. The van der Waals surface area contributed by atoms with Gasteiger partial charge in [-0.05, 0) is 18.5 Å². The van der Waals surface area contributed by atoms with Crippen molar-refractivity contribution in [1.82, 2.24) is 5.32 Å². The van der Waals surface area contributed by atoms with E-state index < -0.39 is 0 Å². The molecule has 0 atom stereocenters. The van der Waals surface area contributed by atoms with Gasteiger partial charge in [0.25, 0.3) is 0 Å². The lowest BCUT2D eigenvalue weighted by Gasteiger charge is -1.97. The van der Waals surface area contributed by atoms with E-state index in [1.54, 1.807) is 0 Å². The lowest BCUT2D eigenvalue weighted by molar-refractivity contribution is 0.287. The van der Waals surface area contributed by atoms with Crippen LogP contribution in [0.3, 0.4) is 0 Å². The maximum absolute atomic E-state index is 8.54. The highest BCUT2D eigenvalue weighted by Gasteiger charge is 1.84. The summed E-state index contributed by atoms with van der Waals surface area (Å²) in [7, 11) is 0. The third-order valence-corrected chi connectivity index (χ3v) is 1.88. The molecule has 0 bridgehead atoms. The smallest absolute Gasteiger partial charge is 0.0443 e. The van der Waals surface area contributed by atoms with Gasteiger partial charge in [-0.3, -0.25) is 0 Å². The molecule has 0 saturated heterocycles. The van der Waals surface area contributed by atoms with Gasteiger partial charge in [-0.2, -0.15) is 0 Å². The van der Waals surface area contributed by atoms with Gasteiger partial charge in [0, 0.05) is 13.2 Å². The summed E-state index contributed by atoms with van der Waals surface area (Å²) in [4.78, 5) is 0. The van der Waals surface area contributed by atoms with Gasteiger partial charge in [0.05, 0.1) is 0 Å². The second kappa shape index (κ2) is 9.71. The van der Waals surface area contributed by atoms with Crippen LogP contribution < -0.4 is 5.32 Å². The maximum Gasteiger partial charge on any atom is 0.0443 e. The normalized spacial score (nSPS) is 10.2. The van der Waals surface area contributed by atoms with Crippen LogP contribution in [0, 0.1) is 0 Å². The van der Waals surface area contributed by atoms with E-state index in [1.807, 2.05) is 18.2 Å². The highest BCUT2D eigenvalue weighted by Crippen LogP contribution is 1.99. The maximum atomic E-state index is 8.54. The number of aliphatic hydroxyl groups is 1. The van der Waals surface area contributed by atoms with E-state index in [4.69, 9.17) is 5.11 Å². The lowest BCUT2D eigenvalue weighted by Crippen LogP contribution is -2.15. The summed E-state index contributed by atoms with van der Waals surface area (Å²) < 4.78 is 0. The average molecular weight is 228 g/mol. The third kappa shape index (κ3) is 7.14. The van der Waals surface area contributed by atoms with Crippen LogP contribution in [0.2, 0.25) is 0 Å². The van der Waals surface area contributed by atoms with Crippen LogP contribution in [0.4, 0.5) is 0 Å². The molecule has 15 heavy (non-hydrogen) atoms. The Kier molecular flexibility index (Phi) is 9.18. The number of aliphatic hydroxyl groups excluding tert-OH is 1. The van der Waals surface area contributed by atoms with Crippen molar-refractivity contribution in [1.29, 1.82) is 0 Å². The van der Waals surface area contributed by atoms with E-state index in [1.165, 1.54) is 5.56 Å². The molecule has 0 aliphatic carbocycles. The Balaban J connectivity index is 0.00000196. The average Bonchev–Trinajstić information content (AvgIpc) is 2.25. The quantitative estimate of drug-likeness (QED) is 0.730. The van der Waals surface area contributed by atoms with Crippen molar-refractivity contribution in [2.75, 3.05) is 19.7 Å². The fourth-order valence-corrected chi connectivity index (χ4v) is 1.15. The molecule has 2 N–H and O–H groups in total. The molecule has 0 aliphatic rings. The Morgan fingerprint density at radius 1 is 1.20 bits per heavy atom. The van der Waals surface area contributed by atoms with E-state index in [0.717, 1.165) is 19.5 Å². The van der Waals surface area contributed by atoms with Crippen LogP contribution in [0.1, 0.15) is 12.0 Å². The second-order valence-corrected chi connectivity index (χ2v) is 3.09. The molecule has 0 heterocycles. The molecule has 0 amide bonds. The van der Waals surface area contributed by atoms with E-state index >= 15 is 0 Å². The fraction of sp³-hybridized carbons (Fsp3) is 0.333. The number of hydrogen-bond donors (Lipinski definition) is 2.